The molecule has 0 aromatic carbocycles. The van der Waals surface area contributed by atoms with Crippen molar-refractivity contribution in [1.29, 1.82) is 0 Å². The Morgan fingerprint density at radius 1 is 1.26 bits per heavy atom. The zero-order chi connectivity index (χ0) is 13.2. The van der Waals surface area contributed by atoms with Crippen molar-refractivity contribution in [3.8, 4) is 0 Å². The summed E-state index contributed by atoms with van der Waals surface area (Å²) in [6.45, 7) is 3.18. The second kappa shape index (κ2) is 5.81. The van der Waals surface area contributed by atoms with Gasteiger partial charge >= 0.3 is 0 Å². The number of rotatable bonds is 2. The Labute approximate surface area is 123 Å². The summed E-state index contributed by atoms with van der Waals surface area (Å²) in [5, 5.41) is 0. The van der Waals surface area contributed by atoms with Crippen molar-refractivity contribution >= 4 is 34.2 Å². The molecule has 2 aliphatic heterocycles. The summed E-state index contributed by atoms with van der Waals surface area (Å²) < 4.78 is 6.05. The molecule has 104 valence electrons. The van der Waals surface area contributed by atoms with Gasteiger partial charge in [-0.1, -0.05) is 36.8 Å². The van der Waals surface area contributed by atoms with Gasteiger partial charge in [0.2, 0.25) is 0 Å². The lowest BCUT2D eigenvalue weighted by molar-refractivity contribution is -0.123. The van der Waals surface area contributed by atoms with Gasteiger partial charge in [-0.25, -0.2) is 0 Å². The SMILES string of the molecule is O=C1C(=CN2CCOCC2)SC(=S)N1C1CCCC1. The highest BCUT2D eigenvalue weighted by atomic mass is 32.2. The fourth-order valence-corrected chi connectivity index (χ4v) is 4.23. The van der Waals surface area contributed by atoms with Gasteiger partial charge in [0.1, 0.15) is 4.32 Å². The molecule has 1 amide bonds. The maximum absolute atomic E-state index is 12.5. The van der Waals surface area contributed by atoms with Crippen LogP contribution >= 0.6 is 24.0 Å². The topological polar surface area (TPSA) is 32.8 Å². The Hall–Kier alpha value is -0.590. The maximum Gasteiger partial charge on any atom is 0.267 e. The molecule has 3 aliphatic rings. The van der Waals surface area contributed by atoms with Crippen LogP contribution in [-0.2, 0) is 9.53 Å². The third-order valence-electron chi connectivity index (χ3n) is 3.86. The van der Waals surface area contributed by atoms with Crippen molar-refractivity contribution in [2.75, 3.05) is 26.3 Å². The number of nitrogens with zero attached hydrogens (tertiary/aromatic N) is 2. The number of thiocarbonyl (C=S) groups is 1. The summed E-state index contributed by atoms with van der Waals surface area (Å²) in [7, 11) is 0. The van der Waals surface area contributed by atoms with Crippen LogP contribution < -0.4 is 0 Å². The molecule has 0 radical (unpaired) electrons. The van der Waals surface area contributed by atoms with Crippen LogP contribution in [0.3, 0.4) is 0 Å². The van der Waals surface area contributed by atoms with E-state index in [1.165, 1.54) is 24.6 Å². The number of carbonyl (C=O) groups excluding carboxylic acids is 1. The fourth-order valence-electron chi connectivity index (χ4n) is 2.82. The summed E-state index contributed by atoms with van der Waals surface area (Å²) in [6, 6.07) is 0.336. The molecule has 0 aromatic rings. The zero-order valence-electron chi connectivity index (χ0n) is 10.8. The first-order valence-electron chi connectivity index (χ1n) is 6.85. The summed E-state index contributed by atoms with van der Waals surface area (Å²) in [4.78, 5) is 17.2. The highest BCUT2D eigenvalue weighted by molar-refractivity contribution is 8.26. The van der Waals surface area contributed by atoms with Gasteiger partial charge in [-0.2, -0.15) is 0 Å². The minimum Gasteiger partial charge on any atom is -0.378 e. The number of morpholine rings is 1. The van der Waals surface area contributed by atoms with E-state index in [2.05, 4.69) is 4.90 Å². The normalized spacial score (nSPS) is 27.9. The van der Waals surface area contributed by atoms with Gasteiger partial charge in [0, 0.05) is 25.3 Å². The highest BCUT2D eigenvalue weighted by Crippen LogP contribution is 2.37. The molecule has 0 bridgehead atoms. The van der Waals surface area contributed by atoms with Crippen LogP contribution in [0, 0.1) is 0 Å². The Kier molecular flexibility index (Phi) is 4.10. The fraction of sp³-hybridized carbons (Fsp3) is 0.692. The molecule has 0 atom stereocenters. The molecule has 1 aliphatic carbocycles. The molecule has 3 fully saturated rings. The Morgan fingerprint density at radius 2 is 1.95 bits per heavy atom. The van der Waals surface area contributed by atoms with E-state index >= 15 is 0 Å². The Balaban J connectivity index is 1.72. The molecule has 6 heteroatoms. The highest BCUT2D eigenvalue weighted by Gasteiger charge is 2.38. The Bertz CT molecular complexity index is 413. The average Bonchev–Trinajstić information content (AvgIpc) is 3.01. The summed E-state index contributed by atoms with van der Waals surface area (Å²) >= 11 is 6.83. The lowest BCUT2D eigenvalue weighted by Crippen LogP contribution is -2.37. The summed E-state index contributed by atoms with van der Waals surface area (Å²) in [6.07, 6.45) is 6.58. The van der Waals surface area contributed by atoms with Gasteiger partial charge < -0.3 is 9.64 Å². The molecule has 3 rings (SSSR count). The third kappa shape index (κ3) is 2.80. The molecule has 2 saturated heterocycles. The van der Waals surface area contributed by atoms with E-state index < -0.39 is 0 Å². The first kappa shape index (κ1) is 13.4. The molecule has 0 N–H and O–H groups in total. The van der Waals surface area contributed by atoms with Crippen molar-refractivity contribution in [2.24, 2.45) is 0 Å². The van der Waals surface area contributed by atoms with Crippen LogP contribution in [0.1, 0.15) is 25.7 Å². The van der Waals surface area contributed by atoms with Crippen molar-refractivity contribution in [3.05, 3.63) is 11.1 Å². The molecule has 0 unspecified atom stereocenters. The molecular formula is C13H18N2O2S2. The lowest BCUT2D eigenvalue weighted by atomic mass is 10.2. The van der Waals surface area contributed by atoms with Crippen molar-refractivity contribution < 1.29 is 9.53 Å². The van der Waals surface area contributed by atoms with Crippen LogP contribution in [-0.4, -0.2) is 52.4 Å². The van der Waals surface area contributed by atoms with E-state index in [1.807, 2.05) is 11.1 Å². The minimum absolute atomic E-state index is 0.105. The lowest BCUT2D eigenvalue weighted by Gasteiger charge is -2.25. The van der Waals surface area contributed by atoms with E-state index in [-0.39, 0.29) is 5.91 Å². The number of hydrogen-bond donors (Lipinski definition) is 0. The first-order chi connectivity index (χ1) is 9.25. The quantitative estimate of drug-likeness (QED) is 0.575. The van der Waals surface area contributed by atoms with Gasteiger partial charge in [0.15, 0.2) is 0 Å². The minimum atomic E-state index is 0.105. The second-order valence-electron chi connectivity index (χ2n) is 5.12. The molecule has 1 saturated carbocycles. The smallest absolute Gasteiger partial charge is 0.267 e. The van der Waals surface area contributed by atoms with E-state index in [9.17, 15) is 4.79 Å². The number of thioether (sulfide) groups is 1. The van der Waals surface area contributed by atoms with Crippen LogP contribution in [0.15, 0.2) is 11.1 Å². The largest absolute Gasteiger partial charge is 0.378 e. The van der Waals surface area contributed by atoms with Gasteiger partial charge in [0.05, 0.1) is 18.1 Å². The molecule has 19 heavy (non-hydrogen) atoms. The van der Waals surface area contributed by atoms with Crippen LogP contribution in [0.4, 0.5) is 0 Å². The van der Waals surface area contributed by atoms with E-state index in [0.29, 0.717) is 6.04 Å². The van der Waals surface area contributed by atoms with Gasteiger partial charge in [0.25, 0.3) is 5.91 Å². The summed E-state index contributed by atoms with van der Waals surface area (Å²) in [5.41, 5.74) is 0. The van der Waals surface area contributed by atoms with Crippen molar-refractivity contribution in [1.82, 2.24) is 9.80 Å². The number of carbonyl (C=O) groups is 1. The molecule has 0 aromatic heterocycles. The molecule has 0 spiro atoms. The number of hydrogen-bond acceptors (Lipinski definition) is 5. The average molecular weight is 298 g/mol. The van der Waals surface area contributed by atoms with Crippen molar-refractivity contribution in [3.63, 3.8) is 0 Å². The standard InChI is InChI=1S/C13H18N2O2S2/c16-12-11(9-14-5-7-17-8-6-14)19-13(18)15(12)10-3-1-2-4-10/h9-10H,1-8H2. The molecule has 4 nitrogen and oxygen atoms in total. The van der Waals surface area contributed by atoms with E-state index in [0.717, 1.165) is 48.4 Å². The zero-order valence-corrected chi connectivity index (χ0v) is 12.5. The van der Waals surface area contributed by atoms with Gasteiger partial charge in [-0.3, -0.25) is 9.69 Å². The third-order valence-corrected chi connectivity index (χ3v) is 5.18. The second-order valence-corrected chi connectivity index (χ2v) is 6.80. The monoisotopic (exact) mass is 298 g/mol. The maximum atomic E-state index is 12.5. The van der Waals surface area contributed by atoms with Gasteiger partial charge in [-0.15, -0.1) is 0 Å². The van der Waals surface area contributed by atoms with E-state index in [1.54, 1.807) is 0 Å². The van der Waals surface area contributed by atoms with Crippen LogP contribution in [0.25, 0.3) is 0 Å². The predicted octanol–water partition coefficient (Wildman–Crippen LogP) is 1.96. The molecular weight excluding hydrogens is 280 g/mol. The van der Waals surface area contributed by atoms with Crippen LogP contribution in [0.2, 0.25) is 0 Å². The van der Waals surface area contributed by atoms with Gasteiger partial charge in [-0.05, 0) is 12.8 Å². The number of amides is 1. The predicted molar refractivity (Wildman–Crippen MR) is 79.8 cm³/mol. The Morgan fingerprint density at radius 3 is 2.63 bits per heavy atom. The summed E-state index contributed by atoms with van der Waals surface area (Å²) in [5.74, 6) is 0.105. The molecule has 2 heterocycles. The van der Waals surface area contributed by atoms with Crippen LogP contribution in [0.5, 0.6) is 0 Å². The van der Waals surface area contributed by atoms with E-state index in [4.69, 9.17) is 17.0 Å². The van der Waals surface area contributed by atoms with Crippen molar-refractivity contribution in [2.45, 2.75) is 31.7 Å². The first-order valence-corrected chi connectivity index (χ1v) is 8.07. The number of ether oxygens (including phenoxy) is 1.